The van der Waals surface area contributed by atoms with Crippen LogP contribution in [0.2, 0.25) is 0 Å². The van der Waals surface area contributed by atoms with Crippen LogP contribution in [0.25, 0.3) is 11.0 Å². The molecule has 0 aliphatic carbocycles. The summed E-state index contributed by atoms with van der Waals surface area (Å²) in [5.41, 5.74) is 1.02. The minimum absolute atomic E-state index is 0.587. The van der Waals surface area contributed by atoms with E-state index < -0.39 is 0 Å². The van der Waals surface area contributed by atoms with Gasteiger partial charge in [0.05, 0.1) is 0 Å². The second-order valence-electron chi connectivity index (χ2n) is 4.76. The molecule has 1 aromatic carbocycles. The third kappa shape index (κ3) is 1.74. The van der Waals surface area contributed by atoms with Crippen LogP contribution >= 0.6 is 0 Å². The molecular weight excluding hydrogens is 198 g/mol. The lowest BCUT2D eigenvalue weighted by molar-refractivity contribution is 0.344. The Bertz CT molecular complexity index is 455. The lowest BCUT2D eigenvalue weighted by Crippen LogP contribution is -2.34. The molecule has 3 rings (SSSR count). The standard InChI is InChI=1S/C14H17NO/c1-10-8-12(6-7-15-10)14-9-11-4-2-3-5-13(11)16-14/h2-5,9-10,12,15H,6-8H2,1H3. The minimum Gasteiger partial charge on any atom is -0.461 e. The van der Waals surface area contributed by atoms with Crippen molar-refractivity contribution in [3.05, 3.63) is 36.1 Å². The van der Waals surface area contributed by atoms with Crippen LogP contribution in [-0.2, 0) is 0 Å². The largest absolute Gasteiger partial charge is 0.461 e. The average Bonchev–Trinajstić information content (AvgIpc) is 2.72. The molecule has 0 spiro atoms. The Hall–Kier alpha value is -1.28. The summed E-state index contributed by atoms with van der Waals surface area (Å²) in [6.07, 6.45) is 2.37. The van der Waals surface area contributed by atoms with Crippen LogP contribution in [0.4, 0.5) is 0 Å². The summed E-state index contributed by atoms with van der Waals surface area (Å²) in [7, 11) is 0. The van der Waals surface area contributed by atoms with Gasteiger partial charge in [0, 0.05) is 17.3 Å². The average molecular weight is 215 g/mol. The molecule has 0 radical (unpaired) electrons. The number of nitrogens with one attached hydrogen (secondary N) is 1. The fraction of sp³-hybridized carbons (Fsp3) is 0.429. The maximum absolute atomic E-state index is 5.93. The molecule has 2 unspecified atom stereocenters. The zero-order valence-electron chi connectivity index (χ0n) is 9.57. The van der Waals surface area contributed by atoms with E-state index in [0.717, 1.165) is 17.9 Å². The number of piperidine rings is 1. The zero-order chi connectivity index (χ0) is 11.0. The van der Waals surface area contributed by atoms with Crippen LogP contribution < -0.4 is 5.32 Å². The molecule has 2 atom stereocenters. The fourth-order valence-corrected chi connectivity index (χ4v) is 2.59. The van der Waals surface area contributed by atoms with E-state index in [4.69, 9.17) is 4.42 Å². The van der Waals surface area contributed by atoms with Crippen LogP contribution in [-0.4, -0.2) is 12.6 Å². The van der Waals surface area contributed by atoms with Gasteiger partial charge >= 0.3 is 0 Å². The van der Waals surface area contributed by atoms with E-state index in [2.05, 4.69) is 30.4 Å². The molecule has 0 saturated carbocycles. The van der Waals surface area contributed by atoms with Crippen molar-refractivity contribution in [2.24, 2.45) is 0 Å². The summed E-state index contributed by atoms with van der Waals surface area (Å²) in [6, 6.07) is 11.1. The van der Waals surface area contributed by atoms with Gasteiger partial charge in [-0.3, -0.25) is 0 Å². The molecule has 1 N–H and O–H groups in total. The van der Waals surface area contributed by atoms with Crippen LogP contribution in [0, 0.1) is 0 Å². The second-order valence-corrected chi connectivity index (χ2v) is 4.76. The van der Waals surface area contributed by atoms with E-state index >= 15 is 0 Å². The molecule has 16 heavy (non-hydrogen) atoms. The highest BCUT2D eigenvalue weighted by Crippen LogP contribution is 2.31. The lowest BCUT2D eigenvalue weighted by Gasteiger charge is -2.26. The number of rotatable bonds is 1. The first kappa shape index (κ1) is 9.91. The number of furan rings is 1. The quantitative estimate of drug-likeness (QED) is 0.789. The van der Waals surface area contributed by atoms with Gasteiger partial charge in [-0.25, -0.2) is 0 Å². The van der Waals surface area contributed by atoms with Crippen molar-refractivity contribution < 1.29 is 4.42 Å². The second kappa shape index (κ2) is 3.95. The Balaban J connectivity index is 1.93. The molecule has 0 amide bonds. The molecule has 1 aliphatic rings. The minimum atomic E-state index is 0.587. The Morgan fingerprint density at radius 1 is 1.31 bits per heavy atom. The predicted molar refractivity (Wildman–Crippen MR) is 65.7 cm³/mol. The van der Waals surface area contributed by atoms with Crippen molar-refractivity contribution in [1.82, 2.24) is 5.32 Å². The first-order valence-corrected chi connectivity index (χ1v) is 6.05. The summed E-state index contributed by atoms with van der Waals surface area (Å²) < 4.78 is 5.93. The molecule has 1 aromatic heterocycles. The Labute approximate surface area is 95.6 Å². The summed E-state index contributed by atoms with van der Waals surface area (Å²) in [6.45, 7) is 3.34. The van der Waals surface area contributed by atoms with Gasteiger partial charge in [-0.1, -0.05) is 18.2 Å². The van der Waals surface area contributed by atoms with Gasteiger partial charge in [0.25, 0.3) is 0 Å². The molecule has 2 heteroatoms. The van der Waals surface area contributed by atoms with Crippen LogP contribution in [0.1, 0.15) is 31.4 Å². The van der Waals surface area contributed by atoms with E-state index in [1.807, 2.05) is 12.1 Å². The van der Waals surface area contributed by atoms with Crippen molar-refractivity contribution in [2.75, 3.05) is 6.54 Å². The van der Waals surface area contributed by atoms with Crippen molar-refractivity contribution in [1.29, 1.82) is 0 Å². The highest BCUT2D eigenvalue weighted by Gasteiger charge is 2.22. The van der Waals surface area contributed by atoms with Gasteiger partial charge in [-0.2, -0.15) is 0 Å². The summed E-state index contributed by atoms with van der Waals surface area (Å²) >= 11 is 0. The molecule has 2 heterocycles. The molecular formula is C14H17NO. The van der Waals surface area contributed by atoms with Crippen molar-refractivity contribution in [3.8, 4) is 0 Å². The molecule has 0 bridgehead atoms. The van der Waals surface area contributed by atoms with Crippen molar-refractivity contribution >= 4 is 11.0 Å². The molecule has 1 fully saturated rings. The molecule has 1 saturated heterocycles. The van der Waals surface area contributed by atoms with Gasteiger partial charge in [0.2, 0.25) is 0 Å². The zero-order valence-corrected chi connectivity index (χ0v) is 9.57. The van der Waals surface area contributed by atoms with Gasteiger partial charge in [0.15, 0.2) is 0 Å². The van der Waals surface area contributed by atoms with E-state index in [0.29, 0.717) is 12.0 Å². The predicted octanol–water partition coefficient (Wildman–Crippen LogP) is 3.29. The van der Waals surface area contributed by atoms with Crippen molar-refractivity contribution in [3.63, 3.8) is 0 Å². The summed E-state index contributed by atoms with van der Waals surface area (Å²) in [4.78, 5) is 0. The van der Waals surface area contributed by atoms with Crippen LogP contribution in [0.3, 0.4) is 0 Å². The van der Waals surface area contributed by atoms with E-state index in [1.54, 1.807) is 0 Å². The maximum atomic E-state index is 5.93. The molecule has 1 aliphatic heterocycles. The van der Waals surface area contributed by atoms with Gasteiger partial charge in [-0.05, 0) is 38.4 Å². The smallest absolute Gasteiger partial charge is 0.134 e. The fourth-order valence-electron chi connectivity index (χ4n) is 2.59. The van der Waals surface area contributed by atoms with E-state index in [-0.39, 0.29) is 0 Å². The SMILES string of the molecule is CC1CC(c2cc3ccccc3o2)CCN1. The number of para-hydroxylation sites is 1. The van der Waals surface area contributed by atoms with Crippen LogP contribution in [0.5, 0.6) is 0 Å². The van der Waals surface area contributed by atoms with E-state index in [1.165, 1.54) is 18.2 Å². The normalized spacial score (nSPS) is 26.1. The number of hydrogen-bond donors (Lipinski definition) is 1. The topological polar surface area (TPSA) is 25.2 Å². The summed E-state index contributed by atoms with van der Waals surface area (Å²) in [5.74, 6) is 1.75. The number of benzene rings is 1. The first-order chi connectivity index (χ1) is 7.83. The first-order valence-electron chi connectivity index (χ1n) is 6.05. The summed E-state index contributed by atoms with van der Waals surface area (Å²) in [5, 5.41) is 4.70. The van der Waals surface area contributed by atoms with Gasteiger partial charge in [0.1, 0.15) is 11.3 Å². The maximum Gasteiger partial charge on any atom is 0.134 e. The van der Waals surface area contributed by atoms with Gasteiger partial charge in [-0.15, -0.1) is 0 Å². The Morgan fingerprint density at radius 2 is 2.19 bits per heavy atom. The van der Waals surface area contributed by atoms with E-state index in [9.17, 15) is 0 Å². The monoisotopic (exact) mass is 215 g/mol. The highest BCUT2D eigenvalue weighted by molar-refractivity contribution is 5.77. The van der Waals surface area contributed by atoms with Crippen molar-refractivity contribution in [2.45, 2.75) is 31.7 Å². The Morgan fingerprint density at radius 3 is 3.00 bits per heavy atom. The Kier molecular flexibility index (Phi) is 2.44. The number of hydrogen-bond acceptors (Lipinski definition) is 2. The third-order valence-electron chi connectivity index (χ3n) is 3.47. The molecule has 2 nitrogen and oxygen atoms in total. The van der Waals surface area contributed by atoms with Gasteiger partial charge < -0.3 is 9.73 Å². The molecule has 2 aromatic rings. The van der Waals surface area contributed by atoms with Crippen LogP contribution in [0.15, 0.2) is 34.7 Å². The number of fused-ring (bicyclic) bond motifs is 1. The third-order valence-corrected chi connectivity index (χ3v) is 3.47. The molecule has 84 valence electrons. The lowest BCUT2D eigenvalue weighted by atomic mass is 9.91. The highest BCUT2D eigenvalue weighted by atomic mass is 16.3.